The van der Waals surface area contributed by atoms with Crippen molar-refractivity contribution in [2.45, 2.75) is 26.2 Å². The molecule has 0 saturated carbocycles. The molecule has 1 atom stereocenters. The molecule has 4 heteroatoms. The maximum absolute atomic E-state index is 10.7. The first-order chi connectivity index (χ1) is 5.24. The van der Waals surface area contributed by atoms with Crippen LogP contribution in [0.1, 0.15) is 26.2 Å². The Morgan fingerprint density at radius 2 is 2.27 bits per heavy atom. The van der Waals surface area contributed by atoms with Crippen LogP contribution in [-0.2, 0) is 9.63 Å². The Balaban J connectivity index is 3.58. The normalized spacial score (nSPS) is 12.6. The number of rotatable bonds is 5. The molecule has 0 unspecified atom stereocenters. The minimum atomic E-state index is -0.381. The van der Waals surface area contributed by atoms with E-state index in [1.165, 1.54) is 0 Å². The average molecular weight is 160 g/mol. The van der Waals surface area contributed by atoms with Crippen molar-refractivity contribution < 1.29 is 9.63 Å². The quantitative estimate of drug-likeness (QED) is 0.562. The van der Waals surface area contributed by atoms with Gasteiger partial charge in [0.15, 0.2) is 0 Å². The van der Waals surface area contributed by atoms with Crippen LogP contribution in [0.5, 0.6) is 0 Å². The largest absolute Gasteiger partial charge is 0.373 e. The van der Waals surface area contributed by atoms with Crippen molar-refractivity contribution in [3.05, 3.63) is 0 Å². The molecular formula is C7H16N2O2. The summed E-state index contributed by atoms with van der Waals surface area (Å²) in [5, 5.41) is 0. The molecule has 0 aromatic carbocycles. The molecule has 0 saturated heterocycles. The third-order valence-corrected chi connectivity index (χ3v) is 1.62. The van der Waals surface area contributed by atoms with E-state index in [1.54, 1.807) is 0 Å². The highest BCUT2D eigenvalue weighted by molar-refractivity contribution is 5.69. The molecule has 0 aromatic rings. The summed E-state index contributed by atoms with van der Waals surface area (Å²) < 4.78 is 0. The van der Waals surface area contributed by atoms with E-state index >= 15 is 0 Å². The Morgan fingerprint density at radius 1 is 1.64 bits per heavy atom. The molecule has 0 aliphatic carbocycles. The summed E-state index contributed by atoms with van der Waals surface area (Å²) in [6, 6.07) is 0. The lowest BCUT2D eigenvalue weighted by molar-refractivity contribution is -0.145. The van der Waals surface area contributed by atoms with Crippen LogP contribution in [0, 0.1) is 5.92 Å². The van der Waals surface area contributed by atoms with Gasteiger partial charge in [-0.3, -0.25) is 4.79 Å². The van der Waals surface area contributed by atoms with Gasteiger partial charge in [-0.05, 0) is 18.9 Å². The van der Waals surface area contributed by atoms with E-state index in [0.717, 1.165) is 12.8 Å². The molecule has 0 aliphatic rings. The highest BCUT2D eigenvalue weighted by atomic mass is 16.7. The molecule has 4 nitrogen and oxygen atoms in total. The lowest BCUT2D eigenvalue weighted by atomic mass is 10.0. The molecule has 0 heterocycles. The van der Waals surface area contributed by atoms with Crippen LogP contribution in [0.15, 0.2) is 0 Å². The van der Waals surface area contributed by atoms with Crippen molar-refractivity contribution in [2.24, 2.45) is 17.5 Å². The summed E-state index contributed by atoms with van der Waals surface area (Å²) in [6.45, 7) is 2.57. The molecule has 0 radical (unpaired) electrons. The molecule has 4 N–H and O–H groups in total. The molecule has 66 valence electrons. The zero-order valence-corrected chi connectivity index (χ0v) is 6.88. The molecule has 11 heavy (non-hydrogen) atoms. The fourth-order valence-electron chi connectivity index (χ4n) is 0.995. The predicted molar refractivity (Wildman–Crippen MR) is 42.3 cm³/mol. The number of hydrogen-bond donors (Lipinski definition) is 2. The zero-order chi connectivity index (χ0) is 8.69. The lowest BCUT2D eigenvalue weighted by Crippen LogP contribution is -2.20. The van der Waals surface area contributed by atoms with Crippen molar-refractivity contribution in [3.63, 3.8) is 0 Å². The Labute approximate surface area is 66.8 Å². The summed E-state index contributed by atoms with van der Waals surface area (Å²) >= 11 is 0. The smallest absolute Gasteiger partial charge is 0.324 e. The average Bonchev–Trinajstić information content (AvgIpc) is 2.03. The van der Waals surface area contributed by atoms with Crippen LogP contribution < -0.4 is 11.6 Å². The second kappa shape index (κ2) is 6.12. The van der Waals surface area contributed by atoms with Crippen LogP contribution >= 0.6 is 0 Å². The van der Waals surface area contributed by atoms with Crippen LogP contribution in [0.2, 0.25) is 0 Å². The molecule has 0 rings (SSSR count). The molecular weight excluding hydrogens is 144 g/mol. The fraction of sp³-hybridized carbons (Fsp3) is 0.857. The molecule has 0 aromatic heterocycles. The molecule has 0 aliphatic heterocycles. The van der Waals surface area contributed by atoms with E-state index in [2.05, 4.69) is 17.7 Å². The van der Waals surface area contributed by atoms with Gasteiger partial charge in [0.1, 0.15) is 0 Å². The summed E-state index contributed by atoms with van der Waals surface area (Å²) in [7, 11) is 0. The molecule has 0 amide bonds. The highest BCUT2D eigenvalue weighted by Crippen LogP contribution is 2.09. The van der Waals surface area contributed by atoms with E-state index in [1.807, 2.05) is 0 Å². The van der Waals surface area contributed by atoms with Crippen molar-refractivity contribution in [2.75, 3.05) is 6.54 Å². The number of carbonyl (C=O) groups is 1. The molecule has 0 spiro atoms. The summed E-state index contributed by atoms with van der Waals surface area (Å²) in [5.41, 5.74) is 5.41. The van der Waals surface area contributed by atoms with Crippen LogP contribution in [0.4, 0.5) is 0 Å². The topological polar surface area (TPSA) is 78.3 Å². The summed E-state index contributed by atoms with van der Waals surface area (Å²) in [5.74, 6) is 4.52. The van der Waals surface area contributed by atoms with Crippen molar-refractivity contribution in [1.82, 2.24) is 0 Å². The predicted octanol–water partition coefficient (Wildman–Crippen LogP) is 0.168. The Bertz CT molecular complexity index is 117. The first-order valence-corrected chi connectivity index (χ1v) is 3.84. The monoisotopic (exact) mass is 160 g/mol. The van der Waals surface area contributed by atoms with E-state index in [9.17, 15) is 4.79 Å². The van der Waals surface area contributed by atoms with Gasteiger partial charge in [0, 0.05) is 0 Å². The second-order valence-corrected chi connectivity index (χ2v) is 2.58. The van der Waals surface area contributed by atoms with Gasteiger partial charge >= 0.3 is 5.97 Å². The summed E-state index contributed by atoms with van der Waals surface area (Å²) in [4.78, 5) is 14.7. The minimum absolute atomic E-state index is 0.219. The van der Waals surface area contributed by atoms with Gasteiger partial charge in [0.2, 0.25) is 0 Å². The number of hydrogen-bond acceptors (Lipinski definition) is 4. The Kier molecular flexibility index (Phi) is 5.78. The maximum atomic E-state index is 10.7. The third-order valence-electron chi connectivity index (χ3n) is 1.62. The van der Waals surface area contributed by atoms with Gasteiger partial charge in [-0.15, -0.1) is 0 Å². The standard InChI is InChI=1S/C7H16N2O2/c1-2-3-6(5-8)4-7(10)11-9/h6H,2-5,8-9H2,1H3/t6-/m1/s1. The van der Waals surface area contributed by atoms with Crippen LogP contribution in [0.3, 0.4) is 0 Å². The Morgan fingerprint density at radius 3 is 2.64 bits per heavy atom. The van der Waals surface area contributed by atoms with Crippen LogP contribution in [0.25, 0.3) is 0 Å². The van der Waals surface area contributed by atoms with Crippen molar-refractivity contribution >= 4 is 5.97 Å². The van der Waals surface area contributed by atoms with Crippen molar-refractivity contribution in [3.8, 4) is 0 Å². The van der Waals surface area contributed by atoms with E-state index in [4.69, 9.17) is 5.73 Å². The number of carbonyl (C=O) groups excluding carboxylic acids is 1. The molecule has 0 fully saturated rings. The first-order valence-electron chi connectivity index (χ1n) is 3.84. The third kappa shape index (κ3) is 4.75. The fourth-order valence-corrected chi connectivity index (χ4v) is 0.995. The van der Waals surface area contributed by atoms with Gasteiger partial charge in [-0.2, -0.15) is 5.90 Å². The summed E-state index contributed by atoms with van der Waals surface area (Å²) in [6.07, 6.45) is 2.31. The van der Waals surface area contributed by atoms with Gasteiger partial charge in [0.05, 0.1) is 6.42 Å². The zero-order valence-electron chi connectivity index (χ0n) is 6.88. The van der Waals surface area contributed by atoms with Crippen LogP contribution in [-0.4, -0.2) is 12.5 Å². The molecule has 0 bridgehead atoms. The first kappa shape index (κ1) is 10.4. The maximum Gasteiger partial charge on any atom is 0.324 e. The minimum Gasteiger partial charge on any atom is -0.373 e. The Hall–Kier alpha value is -0.610. The van der Waals surface area contributed by atoms with E-state index in [-0.39, 0.29) is 11.9 Å². The van der Waals surface area contributed by atoms with Gasteiger partial charge in [-0.1, -0.05) is 13.3 Å². The van der Waals surface area contributed by atoms with Gasteiger partial charge < -0.3 is 10.6 Å². The van der Waals surface area contributed by atoms with Gasteiger partial charge in [-0.25, -0.2) is 0 Å². The number of nitrogens with two attached hydrogens (primary N) is 2. The van der Waals surface area contributed by atoms with E-state index < -0.39 is 0 Å². The lowest BCUT2D eigenvalue weighted by Gasteiger charge is -2.10. The van der Waals surface area contributed by atoms with Gasteiger partial charge in [0.25, 0.3) is 0 Å². The van der Waals surface area contributed by atoms with Crippen molar-refractivity contribution in [1.29, 1.82) is 0 Å². The highest BCUT2D eigenvalue weighted by Gasteiger charge is 2.11. The SMILES string of the molecule is CCC[C@@H](CN)CC(=O)ON. The second-order valence-electron chi connectivity index (χ2n) is 2.58. The van der Waals surface area contributed by atoms with E-state index in [0.29, 0.717) is 13.0 Å².